The first kappa shape index (κ1) is 12.8. The Balaban J connectivity index is 1.94. The molecule has 1 amide bonds. The molecule has 19 heavy (non-hydrogen) atoms. The maximum Gasteiger partial charge on any atom is 0.271 e. The number of methoxy groups -OCH3 is 1. The molecule has 0 unspecified atom stereocenters. The predicted molar refractivity (Wildman–Crippen MR) is 72.3 cm³/mol. The number of amides is 1. The molecule has 0 radical (unpaired) electrons. The average Bonchev–Trinajstić information content (AvgIpc) is 2.49. The van der Waals surface area contributed by atoms with Gasteiger partial charge in [-0.25, -0.2) is 5.43 Å². The number of carbonyl (C=O) groups excluding carboxylic acids is 1. The second-order valence-electron chi connectivity index (χ2n) is 3.71. The molecular weight excluding hydrogens is 242 g/mol. The summed E-state index contributed by atoms with van der Waals surface area (Å²) >= 11 is 0. The van der Waals surface area contributed by atoms with Crippen LogP contribution in [-0.4, -0.2) is 24.2 Å². The number of rotatable bonds is 4. The quantitative estimate of drug-likeness (QED) is 0.670. The van der Waals surface area contributed by atoms with Gasteiger partial charge in [0.2, 0.25) is 0 Å². The smallest absolute Gasteiger partial charge is 0.271 e. The van der Waals surface area contributed by atoms with Gasteiger partial charge in [-0.2, -0.15) is 5.10 Å². The van der Waals surface area contributed by atoms with E-state index in [0.29, 0.717) is 5.56 Å². The molecule has 0 atom stereocenters. The SMILES string of the molecule is COc1ccc(/C=N\NC(=O)c2ccncc2)cc1. The van der Waals surface area contributed by atoms with Gasteiger partial charge in [-0.3, -0.25) is 9.78 Å². The summed E-state index contributed by atoms with van der Waals surface area (Å²) in [6.45, 7) is 0. The molecule has 0 saturated heterocycles. The van der Waals surface area contributed by atoms with Crippen molar-refractivity contribution in [1.29, 1.82) is 0 Å². The van der Waals surface area contributed by atoms with E-state index < -0.39 is 0 Å². The number of hydrogen-bond donors (Lipinski definition) is 1. The van der Waals surface area contributed by atoms with Crippen molar-refractivity contribution in [3.63, 3.8) is 0 Å². The molecule has 1 aromatic carbocycles. The van der Waals surface area contributed by atoms with Crippen LogP contribution in [0.5, 0.6) is 5.75 Å². The number of nitrogens with one attached hydrogen (secondary N) is 1. The highest BCUT2D eigenvalue weighted by Crippen LogP contribution is 2.09. The molecule has 5 heteroatoms. The van der Waals surface area contributed by atoms with Gasteiger partial charge in [-0.05, 0) is 42.0 Å². The Labute approximate surface area is 110 Å². The van der Waals surface area contributed by atoms with E-state index in [2.05, 4.69) is 15.5 Å². The first-order valence-corrected chi connectivity index (χ1v) is 5.67. The van der Waals surface area contributed by atoms with Crippen molar-refractivity contribution < 1.29 is 9.53 Å². The Bertz CT molecular complexity index is 565. The molecule has 0 saturated carbocycles. The van der Waals surface area contributed by atoms with Crippen LogP contribution < -0.4 is 10.2 Å². The second-order valence-corrected chi connectivity index (χ2v) is 3.71. The molecule has 1 heterocycles. The highest BCUT2D eigenvalue weighted by molar-refractivity contribution is 5.94. The topological polar surface area (TPSA) is 63.6 Å². The van der Waals surface area contributed by atoms with Gasteiger partial charge in [0.25, 0.3) is 5.91 Å². The first-order chi connectivity index (χ1) is 9.29. The lowest BCUT2D eigenvalue weighted by Gasteiger charge is -2.00. The molecule has 0 aliphatic heterocycles. The van der Waals surface area contributed by atoms with Gasteiger partial charge >= 0.3 is 0 Å². The maximum absolute atomic E-state index is 11.7. The van der Waals surface area contributed by atoms with Crippen molar-refractivity contribution in [2.45, 2.75) is 0 Å². The van der Waals surface area contributed by atoms with E-state index in [1.165, 1.54) is 0 Å². The number of ether oxygens (including phenoxy) is 1. The minimum absolute atomic E-state index is 0.271. The van der Waals surface area contributed by atoms with Crippen molar-refractivity contribution in [2.24, 2.45) is 5.10 Å². The van der Waals surface area contributed by atoms with Crippen molar-refractivity contribution in [2.75, 3.05) is 7.11 Å². The molecule has 96 valence electrons. The van der Waals surface area contributed by atoms with Crippen molar-refractivity contribution >= 4 is 12.1 Å². The van der Waals surface area contributed by atoms with Crippen LogP contribution in [0.25, 0.3) is 0 Å². The number of hydrazone groups is 1. The summed E-state index contributed by atoms with van der Waals surface area (Å²) in [5.41, 5.74) is 3.83. The Morgan fingerprint density at radius 2 is 1.89 bits per heavy atom. The zero-order valence-electron chi connectivity index (χ0n) is 10.4. The van der Waals surface area contributed by atoms with Crippen LogP contribution >= 0.6 is 0 Å². The van der Waals surface area contributed by atoms with Gasteiger partial charge < -0.3 is 4.74 Å². The van der Waals surface area contributed by atoms with E-state index in [1.54, 1.807) is 37.9 Å². The average molecular weight is 255 g/mol. The number of pyridine rings is 1. The summed E-state index contributed by atoms with van der Waals surface area (Å²) in [4.78, 5) is 15.5. The van der Waals surface area contributed by atoms with Crippen LogP contribution in [0.4, 0.5) is 0 Å². The molecule has 0 aliphatic carbocycles. The number of hydrogen-bond acceptors (Lipinski definition) is 4. The van der Waals surface area contributed by atoms with E-state index in [9.17, 15) is 4.79 Å². The van der Waals surface area contributed by atoms with Crippen LogP contribution in [0, 0.1) is 0 Å². The monoisotopic (exact) mass is 255 g/mol. The fourth-order valence-electron chi connectivity index (χ4n) is 1.42. The van der Waals surface area contributed by atoms with Crippen LogP contribution in [0.15, 0.2) is 53.9 Å². The molecular formula is C14H13N3O2. The third-order valence-electron chi connectivity index (χ3n) is 2.44. The summed E-state index contributed by atoms with van der Waals surface area (Å²) in [5.74, 6) is 0.505. The lowest BCUT2D eigenvalue weighted by Crippen LogP contribution is -2.17. The van der Waals surface area contributed by atoms with Gasteiger partial charge in [0, 0.05) is 18.0 Å². The number of benzene rings is 1. The predicted octanol–water partition coefficient (Wildman–Crippen LogP) is 1.85. The molecule has 5 nitrogen and oxygen atoms in total. The molecule has 2 aromatic rings. The molecule has 0 fully saturated rings. The van der Waals surface area contributed by atoms with Crippen molar-refractivity contribution in [3.8, 4) is 5.75 Å². The second kappa shape index (κ2) is 6.30. The van der Waals surface area contributed by atoms with Crippen LogP contribution in [0.2, 0.25) is 0 Å². The molecule has 1 aromatic heterocycles. The largest absolute Gasteiger partial charge is 0.497 e. The molecule has 0 spiro atoms. The summed E-state index contributed by atoms with van der Waals surface area (Å²) in [7, 11) is 1.61. The summed E-state index contributed by atoms with van der Waals surface area (Å²) < 4.78 is 5.05. The lowest BCUT2D eigenvalue weighted by molar-refractivity contribution is 0.0955. The van der Waals surface area contributed by atoms with Gasteiger partial charge in [-0.1, -0.05) is 0 Å². The normalized spacial score (nSPS) is 10.4. The number of nitrogens with zero attached hydrogens (tertiary/aromatic N) is 2. The van der Waals surface area contributed by atoms with Crippen molar-refractivity contribution in [3.05, 3.63) is 59.9 Å². The highest BCUT2D eigenvalue weighted by Gasteiger charge is 2.01. The maximum atomic E-state index is 11.7. The van der Waals surface area contributed by atoms with E-state index in [1.807, 2.05) is 24.3 Å². The Morgan fingerprint density at radius 3 is 2.53 bits per heavy atom. The zero-order chi connectivity index (χ0) is 13.5. The standard InChI is InChI=1S/C14H13N3O2/c1-19-13-4-2-11(3-5-13)10-16-17-14(18)12-6-8-15-9-7-12/h2-10H,1H3,(H,17,18)/b16-10-. The van der Waals surface area contributed by atoms with Crippen LogP contribution in [0.1, 0.15) is 15.9 Å². The third-order valence-corrected chi connectivity index (χ3v) is 2.44. The zero-order valence-corrected chi connectivity index (χ0v) is 10.4. The molecule has 2 rings (SSSR count). The third kappa shape index (κ3) is 3.64. The highest BCUT2D eigenvalue weighted by atomic mass is 16.5. The summed E-state index contributed by atoms with van der Waals surface area (Å²) in [6.07, 6.45) is 4.68. The summed E-state index contributed by atoms with van der Waals surface area (Å²) in [5, 5.41) is 3.89. The molecule has 0 bridgehead atoms. The van der Waals surface area contributed by atoms with Gasteiger partial charge in [0.05, 0.1) is 13.3 Å². The van der Waals surface area contributed by atoms with Gasteiger partial charge in [-0.15, -0.1) is 0 Å². The Hall–Kier alpha value is -2.69. The van der Waals surface area contributed by atoms with E-state index in [0.717, 1.165) is 11.3 Å². The fraction of sp³-hybridized carbons (Fsp3) is 0.0714. The fourth-order valence-corrected chi connectivity index (χ4v) is 1.42. The van der Waals surface area contributed by atoms with Gasteiger partial charge in [0.15, 0.2) is 0 Å². The van der Waals surface area contributed by atoms with Crippen molar-refractivity contribution in [1.82, 2.24) is 10.4 Å². The lowest BCUT2D eigenvalue weighted by atomic mass is 10.2. The van der Waals surface area contributed by atoms with Gasteiger partial charge in [0.1, 0.15) is 5.75 Å². The molecule has 0 aliphatic rings. The summed E-state index contributed by atoms with van der Waals surface area (Å²) in [6, 6.07) is 10.6. The van der Waals surface area contributed by atoms with E-state index in [-0.39, 0.29) is 5.91 Å². The first-order valence-electron chi connectivity index (χ1n) is 5.67. The van der Waals surface area contributed by atoms with Crippen LogP contribution in [0.3, 0.4) is 0 Å². The van der Waals surface area contributed by atoms with E-state index >= 15 is 0 Å². The Kier molecular flexibility index (Phi) is 4.23. The minimum Gasteiger partial charge on any atom is -0.497 e. The number of carbonyl (C=O) groups is 1. The number of aromatic nitrogens is 1. The minimum atomic E-state index is -0.271. The molecule has 1 N–H and O–H groups in total. The van der Waals surface area contributed by atoms with E-state index in [4.69, 9.17) is 4.74 Å². The van der Waals surface area contributed by atoms with Crippen LogP contribution in [-0.2, 0) is 0 Å². The Morgan fingerprint density at radius 1 is 1.21 bits per heavy atom.